The molecular formula is C15H14N2. The molecule has 0 bridgehead atoms. The fraction of sp³-hybridized carbons (Fsp3) is 0.0667. The Morgan fingerprint density at radius 1 is 0.882 bits per heavy atom. The lowest BCUT2D eigenvalue weighted by molar-refractivity contribution is 0.842. The van der Waals surface area contributed by atoms with Gasteiger partial charge in [0.2, 0.25) is 0 Å². The number of para-hydroxylation sites is 1. The molecule has 1 heterocycles. The molecule has 2 heteroatoms. The average molecular weight is 222 g/mol. The third-order valence-electron chi connectivity index (χ3n) is 3.04. The van der Waals surface area contributed by atoms with Gasteiger partial charge in [0.1, 0.15) is 0 Å². The number of aromatic nitrogens is 1. The molecule has 0 saturated carbocycles. The summed E-state index contributed by atoms with van der Waals surface area (Å²) in [6, 6.07) is 20.4. The van der Waals surface area contributed by atoms with Crippen molar-refractivity contribution in [3.8, 4) is 0 Å². The zero-order chi connectivity index (χ0) is 11.7. The molecule has 0 aliphatic rings. The molecule has 1 aromatic heterocycles. The van der Waals surface area contributed by atoms with Gasteiger partial charge in [-0.05, 0) is 23.1 Å². The van der Waals surface area contributed by atoms with E-state index in [4.69, 9.17) is 5.73 Å². The van der Waals surface area contributed by atoms with Crippen LogP contribution in [0.15, 0.2) is 60.7 Å². The first-order valence-electron chi connectivity index (χ1n) is 5.73. The highest BCUT2D eigenvalue weighted by atomic mass is 14.8. The van der Waals surface area contributed by atoms with Crippen LogP contribution in [0.2, 0.25) is 0 Å². The van der Waals surface area contributed by atoms with Gasteiger partial charge in [-0.25, -0.2) is 0 Å². The number of nitrogens with one attached hydrogen (secondary N) is 1. The van der Waals surface area contributed by atoms with Gasteiger partial charge in [-0.1, -0.05) is 48.5 Å². The van der Waals surface area contributed by atoms with E-state index in [1.807, 2.05) is 30.3 Å². The molecule has 0 unspecified atom stereocenters. The van der Waals surface area contributed by atoms with Gasteiger partial charge in [0.05, 0.1) is 6.04 Å². The van der Waals surface area contributed by atoms with Crippen LogP contribution in [0.1, 0.15) is 17.3 Å². The lowest BCUT2D eigenvalue weighted by Crippen LogP contribution is -2.11. The molecule has 0 aliphatic heterocycles. The van der Waals surface area contributed by atoms with Crippen molar-refractivity contribution < 1.29 is 0 Å². The number of hydrogen-bond donors (Lipinski definition) is 2. The number of fused-ring (bicyclic) bond motifs is 1. The maximum absolute atomic E-state index is 6.25. The van der Waals surface area contributed by atoms with Crippen molar-refractivity contribution >= 4 is 10.9 Å². The largest absolute Gasteiger partial charge is 0.357 e. The van der Waals surface area contributed by atoms with E-state index >= 15 is 0 Å². The Hall–Kier alpha value is -2.06. The molecule has 1 atom stereocenters. The number of benzene rings is 2. The summed E-state index contributed by atoms with van der Waals surface area (Å²) in [7, 11) is 0. The van der Waals surface area contributed by atoms with Gasteiger partial charge in [-0.15, -0.1) is 0 Å². The lowest BCUT2D eigenvalue weighted by atomic mass is 10.1. The van der Waals surface area contributed by atoms with Crippen LogP contribution in [0, 0.1) is 0 Å². The topological polar surface area (TPSA) is 41.8 Å². The first-order chi connectivity index (χ1) is 8.34. The molecule has 3 rings (SSSR count). The maximum Gasteiger partial charge on any atom is 0.0704 e. The lowest BCUT2D eigenvalue weighted by Gasteiger charge is -2.09. The van der Waals surface area contributed by atoms with Crippen molar-refractivity contribution in [3.05, 3.63) is 71.9 Å². The van der Waals surface area contributed by atoms with Crippen molar-refractivity contribution in [2.45, 2.75) is 6.04 Å². The van der Waals surface area contributed by atoms with E-state index in [1.165, 1.54) is 5.39 Å². The summed E-state index contributed by atoms with van der Waals surface area (Å²) in [5.74, 6) is 0. The summed E-state index contributed by atoms with van der Waals surface area (Å²) in [5, 5.41) is 1.20. The Balaban J connectivity index is 2.04. The van der Waals surface area contributed by atoms with Gasteiger partial charge < -0.3 is 10.7 Å². The molecule has 0 fully saturated rings. The van der Waals surface area contributed by atoms with E-state index in [2.05, 4.69) is 35.3 Å². The number of hydrogen-bond acceptors (Lipinski definition) is 1. The Bertz CT molecular complexity index is 592. The van der Waals surface area contributed by atoms with E-state index in [-0.39, 0.29) is 6.04 Å². The first-order valence-corrected chi connectivity index (χ1v) is 5.73. The fourth-order valence-corrected chi connectivity index (χ4v) is 2.10. The van der Waals surface area contributed by atoms with Crippen LogP contribution in [0.25, 0.3) is 10.9 Å². The summed E-state index contributed by atoms with van der Waals surface area (Å²) >= 11 is 0. The Kier molecular flexibility index (Phi) is 2.42. The molecule has 84 valence electrons. The average Bonchev–Trinajstić information content (AvgIpc) is 2.82. The predicted octanol–water partition coefficient (Wildman–Crippen LogP) is 3.22. The van der Waals surface area contributed by atoms with Crippen LogP contribution in [-0.2, 0) is 0 Å². The minimum Gasteiger partial charge on any atom is -0.357 e. The molecule has 0 spiro atoms. The van der Waals surface area contributed by atoms with E-state index in [9.17, 15) is 0 Å². The fourth-order valence-electron chi connectivity index (χ4n) is 2.10. The number of nitrogens with two attached hydrogens (primary N) is 1. The molecule has 0 aliphatic carbocycles. The summed E-state index contributed by atoms with van der Waals surface area (Å²) in [5.41, 5.74) is 9.56. The second-order valence-corrected chi connectivity index (χ2v) is 4.20. The highest BCUT2D eigenvalue weighted by Gasteiger charge is 2.10. The van der Waals surface area contributed by atoms with Gasteiger partial charge in [-0.2, -0.15) is 0 Å². The zero-order valence-electron chi connectivity index (χ0n) is 9.43. The SMILES string of the molecule is N[C@@H](c1ccccc1)c1cc2ccccc2[nH]1. The van der Waals surface area contributed by atoms with Gasteiger partial charge >= 0.3 is 0 Å². The quantitative estimate of drug-likeness (QED) is 0.686. The van der Waals surface area contributed by atoms with Gasteiger partial charge in [-0.3, -0.25) is 0 Å². The molecule has 0 radical (unpaired) electrons. The van der Waals surface area contributed by atoms with E-state index in [0.29, 0.717) is 0 Å². The molecule has 0 amide bonds. The molecule has 2 nitrogen and oxygen atoms in total. The summed E-state index contributed by atoms with van der Waals surface area (Å²) in [6.07, 6.45) is 0. The minimum absolute atomic E-state index is 0.0939. The van der Waals surface area contributed by atoms with Crippen LogP contribution < -0.4 is 5.73 Å². The first kappa shape index (κ1) is 10.1. The molecular weight excluding hydrogens is 208 g/mol. The second kappa shape index (κ2) is 4.07. The molecule has 3 aromatic rings. The number of aromatic amines is 1. The summed E-state index contributed by atoms with van der Waals surface area (Å²) < 4.78 is 0. The number of rotatable bonds is 2. The highest BCUT2D eigenvalue weighted by Crippen LogP contribution is 2.22. The maximum atomic E-state index is 6.25. The normalized spacial score (nSPS) is 12.8. The highest BCUT2D eigenvalue weighted by molar-refractivity contribution is 5.80. The van der Waals surface area contributed by atoms with Gasteiger partial charge in [0.25, 0.3) is 0 Å². The third kappa shape index (κ3) is 1.83. The number of H-pyrrole nitrogens is 1. The Morgan fingerprint density at radius 3 is 2.35 bits per heavy atom. The van der Waals surface area contributed by atoms with Crippen LogP contribution >= 0.6 is 0 Å². The van der Waals surface area contributed by atoms with Gasteiger partial charge in [0, 0.05) is 11.2 Å². The van der Waals surface area contributed by atoms with Crippen molar-refractivity contribution in [1.29, 1.82) is 0 Å². The van der Waals surface area contributed by atoms with Gasteiger partial charge in [0.15, 0.2) is 0 Å². The zero-order valence-corrected chi connectivity index (χ0v) is 9.43. The van der Waals surface area contributed by atoms with E-state index in [0.717, 1.165) is 16.8 Å². The smallest absolute Gasteiger partial charge is 0.0704 e. The Labute approximate surface area is 100 Å². The van der Waals surface area contributed by atoms with Crippen LogP contribution in [0.3, 0.4) is 0 Å². The summed E-state index contributed by atoms with van der Waals surface area (Å²) in [4.78, 5) is 3.37. The predicted molar refractivity (Wildman–Crippen MR) is 70.8 cm³/mol. The van der Waals surface area contributed by atoms with Crippen molar-refractivity contribution in [2.24, 2.45) is 5.73 Å². The van der Waals surface area contributed by atoms with Crippen molar-refractivity contribution in [2.75, 3.05) is 0 Å². The van der Waals surface area contributed by atoms with Crippen LogP contribution in [-0.4, -0.2) is 4.98 Å². The minimum atomic E-state index is -0.0939. The van der Waals surface area contributed by atoms with Crippen LogP contribution in [0.5, 0.6) is 0 Å². The third-order valence-corrected chi connectivity index (χ3v) is 3.04. The Morgan fingerprint density at radius 2 is 1.59 bits per heavy atom. The van der Waals surface area contributed by atoms with Crippen molar-refractivity contribution in [1.82, 2.24) is 4.98 Å². The van der Waals surface area contributed by atoms with E-state index in [1.54, 1.807) is 0 Å². The molecule has 17 heavy (non-hydrogen) atoms. The molecule has 0 saturated heterocycles. The molecule has 3 N–H and O–H groups in total. The summed E-state index contributed by atoms with van der Waals surface area (Å²) in [6.45, 7) is 0. The standard InChI is InChI=1S/C15H14N2/c16-15(11-6-2-1-3-7-11)14-10-12-8-4-5-9-13(12)17-14/h1-10,15,17H,16H2/t15-/m0/s1. The van der Waals surface area contributed by atoms with Crippen LogP contribution in [0.4, 0.5) is 0 Å². The monoisotopic (exact) mass is 222 g/mol. The van der Waals surface area contributed by atoms with Crippen molar-refractivity contribution in [3.63, 3.8) is 0 Å². The second-order valence-electron chi connectivity index (χ2n) is 4.20. The van der Waals surface area contributed by atoms with E-state index < -0.39 is 0 Å². The molecule has 2 aromatic carbocycles.